The topological polar surface area (TPSA) is 67.4 Å². The molecular weight excluding hydrogens is 220 g/mol. The van der Waals surface area contributed by atoms with Crippen LogP contribution < -0.4 is 10.6 Å². The number of rotatable bonds is 5. The molecule has 1 rings (SSSR count). The van der Waals surface area contributed by atoms with Crippen LogP contribution in [0, 0.1) is 5.41 Å². The summed E-state index contributed by atoms with van der Waals surface area (Å²) in [6.07, 6.45) is 1.60. The molecule has 1 fully saturated rings. The van der Waals surface area contributed by atoms with Crippen molar-refractivity contribution in [3.63, 3.8) is 0 Å². The summed E-state index contributed by atoms with van der Waals surface area (Å²) in [5, 5.41) is 5.94. The molecule has 0 aromatic carbocycles. The van der Waals surface area contributed by atoms with E-state index in [1.165, 1.54) is 0 Å². The van der Waals surface area contributed by atoms with Crippen molar-refractivity contribution in [1.82, 2.24) is 10.6 Å². The number of esters is 1. The van der Waals surface area contributed by atoms with E-state index in [2.05, 4.69) is 10.6 Å². The van der Waals surface area contributed by atoms with E-state index in [1.807, 2.05) is 6.92 Å². The lowest BCUT2D eigenvalue weighted by atomic mass is 9.83. The van der Waals surface area contributed by atoms with E-state index in [0.717, 1.165) is 19.4 Å². The van der Waals surface area contributed by atoms with Crippen LogP contribution in [0.4, 0.5) is 0 Å². The second-order valence-corrected chi connectivity index (χ2v) is 4.51. The van der Waals surface area contributed by atoms with Crippen LogP contribution in [0.2, 0.25) is 0 Å². The smallest absolute Gasteiger partial charge is 0.328 e. The fourth-order valence-electron chi connectivity index (χ4n) is 2.08. The molecule has 2 atom stereocenters. The van der Waals surface area contributed by atoms with Gasteiger partial charge in [-0.1, -0.05) is 6.92 Å². The van der Waals surface area contributed by atoms with E-state index in [9.17, 15) is 9.59 Å². The van der Waals surface area contributed by atoms with Gasteiger partial charge < -0.3 is 15.4 Å². The molecule has 1 aliphatic rings. The highest BCUT2D eigenvalue weighted by Crippen LogP contribution is 2.29. The van der Waals surface area contributed by atoms with Gasteiger partial charge in [0.1, 0.15) is 6.04 Å². The molecule has 17 heavy (non-hydrogen) atoms. The van der Waals surface area contributed by atoms with Gasteiger partial charge in [0, 0.05) is 6.54 Å². The molecule has 1 heterocycles. The van der Waals surface area contributed by atoms with Crippen LogP contribution in [-0.4, -0.2) is 37.6 Å². The molecule has 0 radical (unpaired) electrons. The lowest BCUT2D eigenvalue weighted by molar-refractivity contribution is -0.148. The Kier molecular flexibility index (Phi) is 4.93. The number of amides is 1. The van der Waals surface area contributed by atoms with E-state index in [4.69, 9.17) is 4.74 Å². The molecule has 5 heteroatoms. The first-order valence-corrected chi connectivity index (χ1v) is 6.24. The molecule has 0 bridgehead atoms. The number of hydrogen-bond donors (Lipinski definition) is 2. The summed E-state index contributed by atoms with van der Waals surface area (Å²) >= 11 is 0. The third kappa shape index (κ3) is 3.19. The van der Waals surface area contributed by atoms with Crippen molar-refractivity contribution in [3.8, 4) is 0 Å². The van der Waals surface area contributed by atoms with Gasteiger partial charge in [-0.15, -0.1) is 0 Å². The second kappa shape index (κ2) is 6.00. The van der Waals surface area contributed by atoms with Gasteiger partial charge in [-0.05, 0) is 33.2 Å². The molecule has 0 aromatic rings. The summed E-state index contributed by atoms with van der Waals surface area (Å²) in [6, 6.07) is -0.577. The van der Waals surface area contributed by atoms with Crippen LogP contribution in [0.1, 0.15) is 33.6 Å². The van der Waals surface area contributed by atoms with Gasteiger partial charge in [0.05, 0.1) is 12.0 Å². The van der Waals surface area contributed by atoms with Crippen molar-refractivity contribution in [2.75, 3.05) is 19.7 Å². The Hall–Kier alpha value is -1.10. The molecule has 5 nitrogen and oxygen atoms in total. The van der Waals surface area contributed by atoms with E-state index in [0.29, 0.717) is 13.2 Å². The maximum Gasteiger partial charge on any atom is 0.328 e. The minimum Gasteiger partial charge on any atom is -0.464 e. The van der Waals surface area contributed by atoms with Gasteiger partial charge in [-0.25, -0.2) is 4.79 Å². The highest BCUT2D eigenvalue weighted by molar-refractivity contribution is 5.88. The molecule has 1 aliphatic heterocycles. The average Bonchev–Trinajstić information content (AvgIpc) is 2.79. The normalized spacial score (nSPS) is 25.4. The Morgan fingerprint density at radius 3 is 2.65 bits per heavy atom. The van der Waals surface area contributed by atoms with E-state index in [1.54, 1.807) is 13.8 Å². The molecule has 98 valence electrons. The van der Waals surface area contributed by atoms with E-state index < -0.39 is 6.04 Å². The summed E-state index contributed by atoms with van der Waals surface area (Å²) in [6.45, 7) is 7.28. The van der Waals surface area contributed by atoms with Crippen molar-refractivity contribution in [3.05, 3.63) is 0 Å². The quantitative estimate of drug-likeness (QED) is 0.687. The zero-order valence-corrected chi connectivity index (χ0v) is 10.8. The van der Waals surface area contributed by atoms with Crippen molar-refractivity contribution < 1.29 is 14.3 Å². The Bertz CT molecular complexity index is 285. The van der Waals surface area contributed by atoms with Gasteiger partial charge in [-0.3, -0.25) is 4.79 Å². The second-order valence-electron chi connectivity index (χ2n) is 4.51. The van der Waals surface area contributed by atoms with Gasteiger partial charge >= 0.3 is 5.97 Å². The standard InChI is InChI=1S/C12H22N2O3/c1-4-12(6-7-13-8-12)11(16)14-9(3)10(15)17-5-2/h9,13H,4-8H2,1-3H3,(H,14,16). The minimum atomic E-state index is -0.577. The highest BCUT2D eigenvalue weighted by Gasteiger charge is 2.40. The van der Waals surface area contributed by atoms with Gasteiger partial charge in [0.2, 0.25) is 5.91 Å². The summed E-state index contributed by atoms with van der Waals surface area (Å²) in [5.41, 5.74) is -0.360. The summed E-state index contributed by atoms with van der Waals surface area (Å²) in [5.74, 6) is -0.427. The molecule has 0 saturated carbocycles. The zero-order valence-electron chi connectivity index (χ0n) is 10.8. The van der Waals surface area contributed by atoms with Crippen molar-refractivity contribution in [1.29, 1.82) is 0 Å². The Morgan fingerprint density at radius 1 is 1.47 bits per heavy atom. The lowest BCUT2D eigenvalue weighted by Gasteiger charge is -2.26. The zero-order chi connectivity index (χ0) is 12.9. The fourth-order valence-corrected chi connectivity index (χ4v) is 2.08. The monoisotopic (exact) mass is 242 g/mol. The predicted molar refractivity (Wildman–Crippen MR) is 64.4 cm³/mol. The summed E-state index contributed by atoms with van der Waals surface area (Å²) in [4.78, 5) is 23.6. The molecule has 0 spiro atoms. The fraction of sp³-hybridized carbons (Fsp3) is 0.833. The van der Waals surface area contributed by atoms with Crippen molar-refractivity contribution in [2.45, 2.75) is 39.7 Å². The Balaban J connectivity index is 2.55. The van der Waals surface area contributed by atoms with Gasteiger partial charge in [-0.2, -0.15) is 0 Å². The maximum atomic E-state index is 12.2. The molecular formula is C12H22N2O3. The molecule has 1 saturated heterocycles. The largest absolute Gasteiger partial charge is 0.464 e. The third-order valence-corrected chi connectivity index (χ3v) is 3.39. The van der Waals surface area contributed by atoms with E-state index >= 15 is 0 Å². The summed E-state index contributed by atoms with van der Waals surface area (Å²) < 4.78 is 4.86. The molecule has 1 amide bonds. The number of carbonyl (C=O) groups is 2. The number of ether oxygens (including phenoxy) is 1. The number of nitrogens with one attached hydrogen (secondary N) is 2. The number of hydrogen-bond acceptors (Lipinski definition) is 4. The van der Waals surface area contributed by atoms with Gasteiger partial charge in [0.15, 0.2) is 0 Å². The van der Waals surface area contributed by atoms with Crippen LogP contribution in [0.25, 0.3) is 0 Å². The minimum absolute atomic E-state index is 0.0504. The number of carbonyl (C=O) groups excluding carboxylic acids is 2. The third-order valence-electron chi connectivity index (χ3n) is 3.39. The molecule has 2 unspecified atom stereocenters. The average molecular weight is 242 g/mol. The first-order chi connectivity index (χ1) is 8.05. The van der Waals surface area contributed by atoms with Crippen LogP contribution in [0.3, 0.4) is 0 Å². The van der Waals surface area contributed by atoms with Crippen molar-refractivity contribution >= 4 is 11.9 Å². The Morgan fingerprint density at radius 2 is 2.18 bits per heavy atom. The highest BCUT2D eigenvalue weighted by atomic mass is 16.5. The SMILES string of the molecule is CCOC(=O)C(C)NC(=O)C1(CC)CCNC1. The lowest BCUT2D eigenvalue weighted by Crippen LogP contribution is -2.48. The van der Waals surface area contributed by atoms with Gasteiger partial charge in [0.25, 0.3) is 0 Å². The Labute approximate surface area is 102 Å². The predicted octanol–water partition coefficient (Wildman–Crippen LogP) is 0.444. The summed E-state index contributed by atoms with van der Waals surface area (Å²) in [7, 11) is 0. The van der Waals surface area contributed by atoms with Crippen LogP contribution in [0.15, 0.2) is 0 Å². The molecule has 2 N–H and O–H groups in total. The van der Waals surface area contributed by atoms with Crippen molar-refractivity contribution in [2.24, 2.45) is 5.41 Å². The first kappa shape index (κ1) is 14.0. The van der Waals surface area contributed by atoms with Crippen LogP contribution in [-0.2, 0) is 14.3 Å². The molecule has 0 aromatic heterocycles. The maximum absolute atomic E-state index is 12.2. The van der Waals surface area contributed by atoms with Crippen LogP contribution >= 0.6 is 0 Å². The molecule has 0 aliphatic carbocycles. The first-order valence-electron chi connectivity index (χ1n) is 6.24. The van der Waals surface area contributed by atoms with Crippen LogP contribution in [0.5, 0.6) is 0 Å². The van der Waals surface area contributed by atoms with E-state index in [-0.39, 0.29) is 17.3 Å².